The van der Waals surface area contributed by atoms with E-state index in [0.29, 0.717) is 131 Å². The number of carbonyl (C=O) groups excluding carboxylic acids is 9. The van der Waals surface area contributed by atoms with Gasteiger partial charge in [-0.05, 0) is 247 Å². The second-order valence-corrected chi connectivity index (χ2v) is 34.4. The maximum atomic E-state index is 15.1. The molecule has 0 radical (unpaired) electrons. The predicted octanol–water partition coefficient (Wildman–Crippen LogP) is 15.9. The number of hydrogen-bond donors (Lipinski definition) is 6. The number of methoxy groups -OCH3 is 3. The molecule has 6 aliphatic rings. The van der Waals surface area contributed by atoms with Crippen LogP contribution in [0, 0.1) is 45.5 Å². The van der Waals surface area contributed by atoms with Gasteiger partial charge in [0.1, 0.15) is 68.2 Å². The molecular formula is C100H93F3N14O19. The zero-order valence-corrected chi connectivity index (χ0v) is 74.5. The van der Waals surface area contributed by atoms with Crippen molar-refractivity contribution in [1.82, 2.24) is 39.5 Å². The van der Waals surface area contributed by atoms with Gasteiger partial charge in [-0.1, -0.05) is 0 Å². The number of likely N-dealkylation sites (N-methyl/N-ethyl adjacent to an activating group) is 2. The number of rotatable bonds is 27. The number of morpholine rings is 1. The van der Waals surface area contributed by atoms with E-state index in [1.165, 1.54) is 82.3 Å². The molecule has 0 bridgehead atoms. The largest absolute Gasteiger partial charge is 0.493 e. The van der Waals surface area contributed by atoms with E-state index < -0.39 is 105 Å². The lowest BCUT2D eigenvalue weighted by Gasteiger charge is -2.41. The molecule has 36 heteroatoms. The molecule has 9 amide bonds. The maximum Gasteiger partial charge on any atom is 0.415 e. The third-order valence-electron chi connectivity index (χ3n) is 25.8. The Labute approximate surface area is 776 Å². The van der Waals surface area contributed by atoms with E-state index in [4.69, 9.17) is 47.4 Å². The molecule has 136 heavy (non-hydrogen) atoms. The first-order valence-corrected chi connectivity index (χ1v) is 44.0. The summed E-state index contributed by atoms with van der Waals surface area (Å²) in [6.07, 6.45) is 3.25. The maximum absolute atomic E-state index is 15.1. The van der Waals surface area contributed by atoms with Crippen molar-refractivity contribution in [2.75, 3.05) is 126 Å². The van der Waals surface area contributed by atoms with Crippen molar-refractivity contribution in [3.05, 3.63) is 236 Å². The molecule has 6 heterocycles. The fourth-order valence-electron chi connectivity index (χ4n) is 17.5. The Morgan fingerprint density at radius 3 is 1.02 bits per heavy atom. The molecule has 12 aromatic rings. The molecule has 0 spiro atoms. The number of aromatic nitrogens is 3. The number of carbonyl (C=O) groups is 9. The van der Waals surface area contributed by atoms with Gasteiger partial charge in [0.05, 0.1) is 57.1 Å². The Bertz CT molecular complexity index is 6650. The second-order valence-electron chi connectivity index (χ2n) is 34.4. The first-order valence-electron chi connectivity index (χ1n) is 44.0. The minimum absolute atomic E-state index is 0.0811. The van der Waals surface area contributed by atoms with Crippen molar-refractivity contribution < 1.29 is 104 Å². The van der Waals surface area contributed by atoms with E-state index in [1.807, 2.05) is 21.0 Å². The minimum Gasteiger partial charge on any atom is -0.493 e. The lowest BCUT2D eigenvalue weighted by atomic mass is 9.92. The standard InChI is InChI=1S/C100H93F3N14O19/c1-57-54-115(41-39-113(57)2)95(124)134-86-49-77-72(46-83(86)127-4)81(32-36-104-77)132-69-27-21-65(22-28-69)111-93(122)99(91(120)109-62-15-9-59(102)10-16-62)52-75(99)76-53-100(76,92(121)110-63-17-11-60(103)12-18-63)94(123)112-66-23-29-70(30-24-66)133-82-33-37-105-78-50-87(84(128-5)47-73(78)82)135-96(125)116-42-40-114(3)67(55-116)45-71-56-117(43-44-130-71)97(126)136-88-51-79-74(48-85(88)129-6)80(31-38-106-79)131-68-25-19-64(20-26-68)108-90(119)98(34-35-98)89(118)107-61-13-7-58(101)8-14-61/h7-33,36-38,46-51,57,67,71,75-76H,34-35,39-45,52-56H2,1-6H3,(H,107,118)(H,108,119)(H,109,120)(H,110,121)(H,111,122)(H,112,123)/t57-,67+,71?,75?,76?,99?,100?/m0/s1. The van der Waals surface area contributed by atoms with Crippen molar-refractivity contribution in [2.45, 2.75) is 57.2 Å². The number of hydrogen-bond acceptors (Lipinski definition) is 24. The number of nitrogens with zero attached hydrogens (tertiary/aromatic N) is 8. The van der Waals surface area contributed by atoms with E-state index in [2.05, 4.69) is 56.7 Å². The van der Waals surface area contributed by atoms with Gasteiger partial charge in [0.15, 0.2) is 34.5 Å². The molecule has 3 aliphatic carbocycles. The van der Waals surface area contributed by atoms with Crippen LogP contribution in [0.2, 0.25) is 0 Å². The number of pyridine rings is 3. The zero-order chi connectivity index (χ0) is 94.8. The number of anilines is 6. The summed E-state index contributed by atoms with van der Waals surface area (Å²) < 4.78 is 103. The average Bonchev–Trinajstić information content (AvgIpc) is 1.50. The van der Waals surface area contributed by atoms with Crippen LogP contribution < -0.4 is 74.5 Å². The minimum atomic E-state index is -1.90. The number of fused-ring (bicyclic) bond motifs is 3. The van der Waals surface area contributed by atoms with Gasteiger partial charge in [0.25, 0.3) is 0 Å². The van der Waals surface area contributed by atoms with Crippen LogP contribution in [-0.4, -0.2) is 206 Å². The summed E-state index contributed by atoms with van der Waals surface area (Å²) in [5, 5.41) is 18.4. The highest BCUT2D eigenvalue weighted by Gasteiger charge is 2.79. The number of benzene rings is 9. The van der Waals surface area contributed by atoms with Crippen molar-refractivity contribution in [2.24, 2.45) is 28.1 Å². The summed E-state index contributed by atoms with van der Waals surface area (Å²) in [5.41, 5.74) is -2.12. The number of piperazine rings is 2. The molecule has 7 atom stereocenters. The lowest BCUT2D eigenvalue weighted by molar-refractivity contribution is -0.135. The Hall–Kier alpha value is -15.7. The van der Waals surface area contributed by atoms with Gasteiger partial charge in [-0.15, -0.1) is 0 Å². The number of ether oxygens (including phenoxy) is 10. The summed E-state index contributed by atoms with van der Waals surface area (Å²) in [5.74, 6) is -4.23. The predicted molar refractivity (Wildman–Crippen MR) is 494 cm³/mol. The van der Waals surface area contributed by atoms with Crippen LogP contribution in [0.15, 0.2) is 219 Å². The molecule has 6 fully saturated rings. The van der Waals surface area contributed by atoms with Gasteiger partial charge >= 0.3 is 18.3 Å². The summed E-state index contributed by atoms with van der Waals surface area (Å²) in [6, 6.07) is 49.0. The van der Waals surface area contributed by atoms with E-state index in [0.717, 1.165) is 24.3 Å². The molecule has 3 aromatic heterocycles. The Kier molecular flexibility index (Phi) is 25.5. The second kappa shape index (κ2) is 38.1. The van der Waals surface area contributed by atoms with Crippen LogP contribution in [-0.2, 0) is 33.5 Å². The average molecular weight is 1850 g/mol. The molecule has 3 aliphatic heterocycles. The van der Waals surface area contributed by atoms with Crippen LogP contribution in [0.4, 0.5) is 61.7 Å². The Morgan fingerprint density at radius 1 is 0.375 bits per heavy atom. The molecule has 33 nitrogen and oxygen atoms in total. The molecule has 3 saturated heterocycles. The van der Waals surface area contributed by atoms with Crippen LogP contribution in [0.25, 0.3) is 32.7 Å². The Balaban J connectivity index is 0.497. The molecule has 6 N–H and O–H groups in total. The van der Waals surface area contributed by atoms with E-state index in [1.54, 1.807) is 148 Å². The molecule has 698 valence electrons. The van der Waals surface area contributed by atoms with Crippen LogP contribution >= 0.6 is 0 Å². The SMILES string of the molecule is COc1cc2c(Oc3ccc(NC(=O)C4(C(=O)Nc5ccc(F)cc5)CC4)cc3)ccnc2cc1OC(=O)N1CCOC(C[C@@H]2CN(C(=O)Oc3cc4nccc(Oc5ccc(NC(=O)C6(C(=O)Nc7ccc(F)cc7)CC6C6CC6(C(=O)Nc6ccc(F)cc6)C(=O)Nc6ccc(Oc7ccnc8cc(OC(=O)N9CCN(C)[C@@H](C)C9)c(OC)cc78)cc6)cc5)c4cc3OC)CCN2C)C1. The van der Waals surface area contributed by atoms with Crippen LogP contribution in [0.5, 0.6) is 69.0 Å². The molecule has 5 unspecified atom stereocenters. The van der Waals surface area contributed by atoms with Gasteiger partial charge in [-0.25, -0.2) is 27.6 Å². The molecule has 3 saturated carbocycles. The zero-order valence-electron chi connectivity index (χ0n) is 74.5. The summed E-state index contributed by atoms with van der Waals surface area (Å²) in [6.45, 7) is 5.38. The van der Waals surface area contributed by atoms with Crippen molar-refractivity contribution in [1.29, 1.82) is 0 Å². The third-order valence-corrected chi connectivity index (χ3v) is 25.8. The van der Waals surface area contributed by atoms with E-state index in [-0.39, 0.29) is 108 Å². The molecule has 9 aromatic carbocycles. The van der Waals surface area contributed by atoms with Gasteiger partial charge < -0.3 is 98.9 Å². The summed E-state index contributed by atoms with van der Waals surface area (Å²) in [4.78, 5) is 151. The Morgan fingerprint density at radius 2 is 0.691 bits per heavy atom. The van der Waals surface area contributed by atoms with Gasteiger partial charge in [0.2, 0.25) is 35.4 Å². The molecule has 18 rings (SSSR count). The van der Waals surface area contributed by atoms with Crippen molar-refractivity contribution in [3.8, 4) is 69.0 Å². The number of nitrogens with one attached hydrogen (secondary N) is 6. The number of halogens is 3. The number of amides is 9. The fraction of sp³-hybridized carbons (Fsp3) is 0.280. The van der Waals surface area contributed by atoms with Gasteiger partial charge in [-0.2, -0.15) is 0 Å². The quantitative estimate of drug-likeness (QED) is 0.0260. The monoisotopic (exact) mass is 1850 g/mol. The summed E-state index contributed by atoms with van der Waals surface area (Å²) >= 11 is 0. The highest BCUT2D eigenvalue weighted by molar-refractivity contribution is 6.21. The van der Waals surface area contributed by atoms with Crippen molar-refractivity contribution in [3.63, 3.8) is 0 Å². The highest BCUT2D eigenvalue weighted by atomic mass is 19.1. The van der Waals surface area contributed by atoms with E-state index in [9.17, 15) is 46.7 Å². The highest BCUT2D eigenvalue weighted by Crippen LogP contribution is 2.71. The van der Waals surface area contributed by atoms with Crippen LogP contribution in [0.3, 0.4) is 0 Å². The summed E-state index contributed by atoms with van der Waals surface area (Å²) in [7, 11) is 8.28. The first-order chi connectivity index (χ1) is 65.7. The van der Waals surface area contributed by atoms with Crippen LogP contribution in [0.1, 0.15) is 39.0 Å². The molecular weight excluding hydrogens is 1760 g/mol. The fourth-order valence-corrected chi connectivity index (χ4v) is 17.5. The van der Waals surface area contributed by atoms with Gasteiger partial charge in [0, 0.05) is 145 Å². The topological polar surface area (TPSA) is 373 Å². The third kappa shape index (κ3) is 19.2. The van der Waals surface area contributed by atoms with Gasteiger partial charge in [-0.3, -0.25) is 48.6 Å². The lowest BCUT2D eigenvalue weighted by Crippen LogP contribution is -2.56. The normalized spacial score (nSPS) is 19.9. The van der Waals surface area contributed by atoms with Crippen molar-refractivity contribution >= 4 is 121 Å². The first kappa shape index (κ1) is 90.8. The van der Waals surface area contributed by atoms with E-state index >= 15 is 9.59 Å². The smallest absolute Gasteiger partial charge is 0.415 e.